The Morgan fingerprint density at radius 1 is 1.33 bits per heavy atom. The van der Waals surface area contributed by atoms with Gasteiger partial charge in [-0.25, -0.2) is 0 Å². The van der Waals surface area contributed by atoms with Crippen molar-refractivity contribution in [3.8, 4) is 0 Å². The van der Waals surface area contributed by atoms with Crippen molar-refractivity contribution in [2.45, 2.75) is 37.2 Å². The lowest BCUT2D eigenvalue weighted by Crippen LogP contribution is -2.22. The van der Waals surface area contributed by atoms with E-state index in [1.165, 1.54) is 9.75 Å². The Kier molecular flexibility index (Phi) is 4.09. The van der Waals surface area contributed by atoms with Crippen LogP contribution in [0.25, 0.3) is 0 Å². The van der Waals surface area contributed by atoms with Gasteiger partial charge in [-0.3, -0.25) is 0 Å². The summed E-state index contributed by atoms with van der Waals surface area (Å²) in [5.74, 6) is 0.920. The van der Waals surface area contributed by atoms with Crippen LogP contribution < -0.4 is 5.73 Å². The van der Waals surface area contributed by atoms with E-state index in [-0.39, 0.29) is 11.3 Å². The molecule has 0 spiro atoms. The van der Waals surface area contributed by atoms with Gasteiger partial charge < -0.3 is 10.3 Å². The third-order valence-electron chi connectivity index (χ3n) is 2.80. The SMILES string of the molecule is Cc1ccc(C(Sc2nnc(C)n2C)C(C)N)s1. The predicted octanol–water partition coefficient (Wildman–Crippen LogP) is 2.67. The van der Waals surface area contributed by atoms with E-state index < -0.39 is 0 Å². The monoisotopic (exact) mass is 282 g/mol. The first kappa shape index (κ1) is 13.6. The van der Waals surface area contributed by atoms with Crippen LogP contribution in [0.4, 0.5) is 0 Å². The van der Waals surface area contributed by atoms with Crippen molar-refractivity contribution in [3.63, 3.8) is 0 Å². The molecule has 0 aliphatic carbocycles. The second-order valence-corrected chi connectivity index (χ2v) is 6.86. The van der Waals surface area contributed by atoms with Crippen LogP contribution in [0.2, 0.25) is 0 Å². The molecule has 2 N–H and O–H groups in total. The molecule has 0 fully saturated rings. The van der Waals surface area contributed by atoms with Gasteiger partial charge in [-0.1, -0.05) is 11.8 Å². The molecule has 0 aliphatic heterocycles. The average Bonchev–Trinajstić information content (AvgIpc) is 2.85. The molecule has 2 aromatic heterocycles. The van der Waals surface area contributed by atoms with Gasteiger partial charge in [-0.05, 0) is 32.9 Å². The molecule has 2 unspecified atom stereocenters. The molecule has 0 radical (unpaired) electrons. The van der Waals surface area contributed by atoms with Crippen molar-refractivity contribution >= 4 is 23.1 Å². The predicted molar refractivity (Wildman–Crippen MR) is 77.0 cm³/mol. The minimum absolute atomic E-state index is 0.0741. The van der Waals surface area contributed by atoms with E-state index in [2.05, 4.69) is 29.3 Å². The smallest absolute Gasteiger partial charge is 0.191 e. The largest absolute Gasteiger partial charge is 0.327 e. The van der Waals surface area contributed by atoms with Crippen LogP contribution in [-0.4, -0.2) is 20.8 Å². The summed E-state index contributed by atoms with van der Waals surface area (Å²) in [6.45, 7) is 6.10. The second kappa shape index (κ2) is 5.42. The number of hydrogen-bond donors (Lipinski definition) is 1. The minimum Gasteiger partial charge on any atom is -0.327 e. The fourth-order valence-corrected chi connectivity index (χ4v) is 3.91. The molecule has 4 nitrogen and oxygen atoms in total. The van der Waals surface area contributed by atoms with Crippen molar-refractivity contribution in [3.05, 3.63) is 27.7 Å². The zero-order chi connectivity index (χ0) is 13.3. The first-order valence-corrected chi connectivity index (χ1v) is 7.53. The second-order valence-electron chi connectivity index (χ2n) is 4.43. The highest BCUT2D eigenvalue weighted by atomic mass is 32.2. The molecule has 0 saturated carbocycles. The molecule has 6 heteroatoms. The number of nitrogens with zero attached hydrogens (tertiary/aromatic N) is 3. The van der Waals surface area contributed by atoms with E-state index >= 15 is 0 Å². The van der Waals surface area contributed by atoms with Crippen LogP contribution in [0.5, 0.6) is 0 Å². The van der Waals surface area contributed by atoms with Gasteiger partial charge in [0.15, 0.2) is 5.16 Å². The lowest BCUT2D eigenvalue weighted by Gasteiger charge is -2.18. The quantitative estimate of drug-likeness (QED) is 0.876. The van der Waals surface area contributed by atoms with Gasteiger partial charge in [0, 0.05) is 22.8 Å². The van der Waals surface area contributed by atoms with Crippen LogP contribution in [0.15, 0.2) is 17.3 Å². The number of nitrogens with two attached hydrogens (primary N) is 1. The van der Waals surface area contributed by atoms with Gasteiger partial charge in [-0.2, -0.15) is 0 Å². The minimum atomic E-state index is 0.0741. The molecule has 0 amide bonds. The van der Waals surface area contributed by atoms with E-state index in [1.54, 1.807) is 23.1 Å². The zero-order valence-corrected chi connectivity index (χ0v) is 12.7. The highest BCUT2D eigenvalue weighted by Gasteiger charge is 2.22. The van der Waals surface area contributed by atoms with Gasteiger partial charge in [0.2, 0.25) is 0 Å². The fraction of sp³-hybridized carbons (Fsp3) is 0.500. The summed E-state index contributed by atoms with van der Waals surface area (Å²) in [5.41, 5.74) is 6.11. The highest BCUT2D eigenvalue weighted by Crippen LogP contribution is 2.39. The summed E-state index contributed by atoms with van der Waals surface area (Å²) in [4.78, 5) is 2.61. The maximum atomic E-state index is 6.11. The van der Waals surface area contributed by atoms with Crippen molar-refractivity contribution in [1.29, 1.82) is 0 Å². The number of aromatic nitrogens is 3. The summed E-state index contributed by atoms with van der Waals surface area (Å²) in [6.07, 6.45) is 0. The Hall–Kier alpha value is -0.850. The van der Waals surface area contributed by atoms with Gasteiger partial charge in [0.1, 0.15) is 5.82 Å². The maximum Gasteiger partial charge on any atom is 0.191 e. The van der Waals surface area contributed by atoms with E-state index in [9.17, 15) is 0 Å². The van der Waals surface area contributed by atoms with E-state index in [1.807, 2.05) is 25.5 Å². The summed E-state index contributed by atoms with van der Waals surface area (Å²) >= 11 is 3.48. The topological polar surface area (TPSA) is 56.7 Å². The number of aryl methyl sites for hydroxylation is 2. The molecule has 98 valence electrons. The summed E-state index contributed by atoms with van der Waals surface area (Å²) in [5, 5.41) is 9.42. The summed E-state index contributed by atoms with van der Waals surface area (Å²) in [6, 6.07) is 4.37. The van der Waals surface area contributed by atoms with E-state index in [0.29, 0.717) is 0 Å². The molecule has 18 heavy (non-hydrogen) atoms. The zero-order valence-electron chi connectivity index (χ0n) is 11.0. The number of hydrogen-bond acceptors (Lipinski definition) is 5. The first-order valence-electron chi connectivity index (χ1n) is 5.83. The Morgan fingerprint density at radius 3 is 2.50 bits per heavy atom. The third kappa shape index (κ3) is 2.76. The Bertz CT molecular complexity index is 530. The maximum absolute atomic E-state index is 6.11. The highest BCUT2D eigenvalue weighted by molar-refractivity contribution is 7.99. The number of rotatable bonds is 4. The molecule has 0 bridgehead atoms. The van der Waals surface area contributed by atoms with Gasteiger partial charge in [-0.15, -0.1) is 21.5 Å². The van der Waals surface area contributed by atoms with Crippen LogP contribution in [0, 0.1) is 13.8 Å². The Morgan fingerprint density at radius 2 is 2.06 bits per heavy atom. The molecule has 0 aliphatic rings. The van der Waals surface area contributed by atoms with E-state index in [0.717, 1.165) is 11.0 Å². The summed E-state index contributed by atoms with van der Waals surface area (Å²) < 4.78 is 2.00. The van der Waals surface area contributed by atoms with Crippen molar-refractivity contribution in [2.24, 2.45) is 12.8 Å². The van der Waals surface area contributed by atoms with E-state index in [4.69, 9.17) is 5.73 Å². The number of thiophene rings is 1. The van der Waals surface area contributed by atoms with Crippen molar-refractivity contribution in [1.82, 2.24) is 14.8 Å². The molecular formula is C12H18N4S2. The van der Waals surface area contributed by atoms with Gasteiger partial charge in [0.05, 0.1) is 5.25 Å². The van der Waals surface area contributed by atoms with Crippen molar-refractivity contribution in [2.75, 3.05) is 0 Å². The van der Waals surface area contributed by atoms with Crippen LogP contribution in [0.1, 0.15) is 27.8 Å². The normalized spacial score (nSPS) is 14.7. The molecule has 2 heterocycles. The lowest BCUT2D eigenvalue weighted by atomic mass is 10.2. The Labute approximate surface area is 116 Å². The lowest BCUT2D eigenvalue weighted by molar-refractivity contribution is 0.713. The van der Waals surface area contributed by atoms with Gasteiger partial charge in [0.25, 0.3) is 0 Å². The molecule has 2 aromatic rings. The first-order chi connectivity index (χ1) is 8.49. The fourth-order valence-electron chi connectivity index (χ4n) is 1.63. The molecule has 2 rings (SSSR count). The van der Waals surface area contributed by atoms with Crippen LogP contribution in [0.3, 0.4) is 0 Å². The third-order valence-corrected chi connectivity index (χ3v) is 5.54. The van der Waals surface area contributed by atoms with Crippen LogP contribution >= 0.6 is 23.1 Å². The Balaban J connectivity index is 2.24. The summed E-state index contributed by atoms with van der Waals surface area (Å²) in [7, 11) is 1.98. The number of thioether (sulfide) groups is 1. The molecule has 0 saturated heterocycles. The molecular weight excluding hydrogens is 264 g/mol. The molecule has 2 atom stereocenters. The van der Waals surface area contributed by atoms with Crippen molar-refractivity contribution < 1.29 is 0 Å². The molecule has 0 aromatic carbocycles. The van der Waals surface area contributed by atoms with Crippen LogP contribution in [-0.2, 0) is 7.05 Å². The standard InChI is InChI=1S/C12H18N4S2/c1-7-5-6-10(17-7)11(8(2)13)18-12-15-14-9(3)16(12)4/h5-6,8,11H,13H2,1-4H3. The average molecular weight is 282 g/mol. The van der Waals surface area contributed by atoms with Gasteiger partial charge >= 0.3 is 0 Å².